The predicted octanol–water partition coefficient (Wildman–Crippen LogP) is 0.809. The van der Waals surface area contributed by atoms with Gasteiger partial charge in [-0.25, -0.2) is 0 Å². The van der Waals surface area contributed by atoms with Crippen LogP contribution in [0.3, 0.4) is 0 Å². The maximum atomic E-state index is 10.0. The van der Waals surface area contributed by atoms with Gasteiger partial charge in [0, 0.05) is 5.97 Å². The Kier molecular flexibility index (Phi) is 21.6. The Balaban J connectivity index is -0.000000313. The van der Waals surface area contributed by atoms with Gasteiger partial charge in [0.25, 0.3) is 0 Å². The van der Waals surface area contributed by atoms with Crippen molar-refractivity contribution in [2.45, 2.75) is 65.2 Å². The summed E-state index contributed by atoms with van der Waals surface area (Å²) in [6.07, 6.45) is 8.34. The Hall–Kier alpha value is -0.554. The molecule has 4 nitrogen and oxygen atoms in total. The summed E-state index contributed by atoms with van der Waals surface area (Å²) in [5.74, 6) is -2.10. The van der Waals surface area contributed by atoms with Crippen molar-refractivity contribution < 1.29 is 19.8 Å². The van der Waals surface area contributed by atoms with Crippen molar-refractivity contribution >= 4 is 35.0 Å². The summed E-state index contributed by atoms with van der Waals surface area (Å²) in [6, 6.07) is 0. The molecule has 0 unspecified atom stereocenters. The second-order valence-electron chi connectivity index (χ2n) is 4.31. The predicted molar refractivity (Wildman–Crippen MR) is 73.2 cm³/mol. The molecule has 0 saturated carbocycles. The molecular weight excluding hydrogens is 256 g/mol. The maximum absolute atomic E-state index is 10.0. The van der Waals surface area contributed by atoms with Gasteiger partial charge in [0.05, 0.1) is 5.97 Å². The van der Waals surface area contributed by atoms with E-state index in [4.69, 9.17) is 0 Å². The number of carbonyl (C=O) groups excluding carboxylic acids is 2. The van der Waals surface area contributed by atoms with E-state index in [0.29, 0.717) is 0 Å². The van der Waals surface area contributed by atoms with E-state index in [0.717, 1.165) is 12.8 Å². The second-order valence-corrected chi connectivity index (χ2v) is 4.31. The van der Waals surface area contributed by atoms with Crippen LogP contribution in [-0.2, 0) is 9.59 Å². The molecule has 0 aliphatic rings. The molecule has 0 aromatic carbocycles. The summed E-state index contributed by atoms with van der Waals surface area (Å²) in [5, 5.41) is 19.5. The first-order valence-corrected chi connectivity index (χ1v) is 6.48. The quantitative estimate of drug-likeness (QED) is 0.355. The van der Waals surface area contributed by atoms with E-state index >= 15 is 0 Å². The Bertz CT molecular complexity index is 240. The van der Waals surface area contributed by atoms with Crippen LogP contribution >= 0.6 is 0 Å². The average Bonchev–Trinajstić information content (AvgIpc) is 2.28. The van der Waals surface area contributed by atoms with E-state index in [2.05, 4.69) is 13.5 Å². The minimum atomic E-state index is -1.19. The first-order chi connectivity index (χ1) is 8.41. The van der Waals surface area contributed by atoms with Crippen molar-refractivity contribution in [1.82, 2.24) is 0 Å². The van der Waals surface area contributed by atoms with Crippen molar-refractivity contribution in [3.63, 3.8) is 0 Å². The molecule has 0 N–H and O–H groups in total. The van der Waals surface area contributed by atoms with Gasteiger partial charge < -0.3 is 19.8 Å². The van der Waals surface area contributed by atoms with E-state index in [1.807, 2.05) is 0 Å². The molecule has 0 rings (SSSR count). The molecule has 0 heterocycles. The van der Waals surface area contributed by atoms with Crippen LogP contribution in [0.5, 0.6) is 0 Å². The third-order valence-electron chi connectivity index (χ3n) is 2.33. The van der Waals surface area contributed by atoms with Crippen molar-refractivity contribution in [2.24, 2.45) is 0 Å². The summed E-state index contributed by atoms with van der Waals surface area (Å²) < 4.78 is 0. The fraction of sp³-hybridized carbons (Fsp3) is 0.714. The monoisotopic (exact) mass is 280 g/mol. The van der Waals surface area contributed by atoms with Gasteiger partial charge in [0.1, 0.15) is 0 Å². The molecule has 19 heavy (non-hydrogen) atoms. The van der Waals surface area contributed by atoms with Crippen LogP contribution in [0, 0.1) is 0 Å². The van der Waals surface area contributed by atoms with Gasteiger partial charge in [-0.2, -0.15) is 0 Å². The SMILES string of the molecule is C=C(C)C(=O)[O-].CCCCCCCCCC(=O)[O-].[Mg+2]. The minimum Gasteiger partial charge on any atom is -0.550 e. The Morgan fingerprint density at radius 2 is 1.32 bits per heavy atom. The molecule has 0 bridgehead atoms. The van der Waals surface area contributed by atoms with Crippen LogP contribution in [0.15, 0.2) is 12.2 Å². The molecule has 5 heteroatoms. The zero-order valence-electron chi connectivity index (χ0n) is 12.2. The third-order valence-corrected chi connectivity index (χ3v) is 2.33. The number of carboxylic acid groups (broad SMARTS) is 2. The molecule has 0 amide bonds. The van der Waals surface area contributed by atoms with Crippen molar-refractivity contribution in [3.8, 4) is 0 Å². The van der Waals surface area contributed by atoms with Crippen LogP contribution in [0.4, 0.5) is 0 Å². The normalized spacial score (nSPS) is 8.74. The summed E-state index contributed by atoms with van der Waals surface area (Å²) >= 11 is 0. The summed E-state index contributed by atoms with van der Waals surface area (Å²) in [5.41, 5.74) is 0.0648. The Labute approximate surface area is 132 Å². The smallest absolute Gasteiger partial charge is 0.550 e. The van der Waals surface area contributed by atoms with Crippen LogP contribution in [-0.4, -0.2) is 35.0 Å². The maximum Gasteiger partial charge on any atom is 2.00 e. The number of carboxylic acids is 2. The van der Waals surface area contributed by atoms with Gasteiger partial charge in [0.15, 0.2) is 0 Å². The molecule has 0 aliphatic carbocycles. The molecule has 0 atom stereocenters. The van der Waals surface area contributed by atoms with E-state index in [1.54, 1.807) is 0 Å². The summed E-state index contributed by atoms with van der Waals surface area (Å²) in [4.78, 5) is 19.5. The fourth-order valence-electron chi connectivity index (χ4n) is 1.23. The minimum absolute atomic E-state index is 0. The van der Waals surface area contributed by atoms with Crippen LogP contribution in [0.1, 0.15) is 65.2 Å². The third kappa shape index (κ3) is 26.9. The number of hydrogen-bond donors (Lipinski definition) is 0. The first kappa shape index (κ1) is 23.5. The van der Waals surface area contributed by atoms with E-state index < -0.39 is 11.9 Å². The van der Waals surface area contributed by atoms with E-state index in [-0.39, 0.29) is 35.0 Å². The fourth-order valence-corrected chi connectivity index (χ4v) is 1.23. The van der Waals surface area contributed by atoms with Gasteiger partial charge in [-0.1, -0.05) is 52.0 Å². The molecular formula is C14H24MgO4. The average molecular weight is 281 g/mol. The number of rotatable bonds is 9. The molecule has 0 spiro atoms. The van der Waals surface area contributed by atoms with E-state index in [1.165, 1.54) is 39.0 Å². The largest absolute Gasteiger partial charge is 2.00 e. The second kappa shape index (κ2) is 17.4. The van der Waals surface area contributed by atoms with Gasteiger partial charge in [-0.15, -0.1) is 0 Å². The van der Waals surface area contributed by atoms with Crippen LogP contribution in [0.2, 0.25) is 0 Å². The summed E-state index contributed by atoms with van der Waals surface area (Å²) in [7, 11) is 0. The van der Waals surface area contributed by atoms with Gasteiger partial charge >= 0.3 is 23.1 Å². The number of unbranched alkanes of at least 4 members (excludes halogenated alkanes) is 6. The zero-order valence-corrected chi connectivity index (χ0v) is 13.6. The Morgan fingerprint density at radius 3 is 1.63 bits per heavy atom. The molecule has 0 aliphatic heterocycles. The molecule has 0 fully saturated rings. The zero-order chi connectivity index (χ0) is 14.4. The molecule has 0 radical (unpaired) electrons. The van der Waals surface area contributed by atoms with E-state index in [9.17, 15) is 19.8 Å². The van der Waals surface area contributed by atoms with Gasteiger partial charge in [0.2, 0.25) is 0 Å². The number of aliphatic carboxylic acids is 2. The number of carbonyl (C=O) groups is 2. The molecule has 106 valence electrons. The van der Waals surface area contributed by atoms with Crippen molar-refractivity contribution in [1.29, 1.82) is 0 Å². The standard InChI is InChI=1S/C10H20O2.C4H6O2.Mg/c1-2-3-4-5-6-7-8-9-10(11)12;1-3(2)4(5)6;/h2-9H2,1H3,(H,11,12);1H2,2H3,(H,5,6);/q;;+2/p-2. The molecule has 0 aromatic rings. The Morgan fingerprint density at radius 1 is 0.947 bits per heavy atom. The number of hydrogen-bond acceptors (Lipinski definition) is 4. The summed E-state index contributed by atoms with van der Waals surface area (Å²) in [6.45, 7) is 6.67. The van der Waals surface area contributed by atoms with Crippen molar-refractivity contribution in [3.05, 3.63) is 12.2 Å². The molecule has 0 aromatic heterocycles. The van der Waals surface area contributed by atoms with Crippen LogP contribution in [0.25, 0.3) is 0 Å². The first-order valence-electron chi connectivity index (χ1n) is 6.48. The van der Waals surface area contributed by atoms with Gasteiger partial charge in [-0.05, 0) is 25.3 Å². The van der Waals surface area contributed by atoms with Crippen molar-refractivity contribution in [2.75, 3.05) is 0 Å². The topological polar surface area (TPSA) is 80.3 Å². The van der Waals surface area contributed by atoms with Gasteiger partial charge in [-0.3, -0.25) is 0 Å². The molecule has 0 saturated heterocycles. The van der Waals surface area contributed by atoms with Crippen LogP contribution < -0.4 is 10.2 Å².